The first kappa shape index (κ1) is 15.2. The Morgan fingerprint density at radius 3 is 2.79 bits per heavy atom. The summed E-state index contributed by atoms with van der Waals surface area (Å²) in [6.07, 6.45) is 6.00. The highest BCUT2D eigenvalue weighted by atomic mass is 32.1. The van der Waals surface area contributed by atoms with Gasteiger partial charge in [-0.1, -0.05) is 6.92 Å². The molecule has 0 radical (unpaired) electrons. The van der Waals surface area contributed by atoms with E-state index in [-0.39, 0.29) is 29.7 Å². The predicted octanol–water partition coefficient (Wildman–Crippen LogP) is 1.62. The summed E-state index contributed by atoms with van der Waals surface area (Å²) in [5.41, 5.74) is 0.925. The molecule has 0 saturated heterocycles. The average molecular weight is 343 g/mol. The molecule has 24 heavy (non-hydrogen) atoms. The fourth-order valence-electron chi connectivity index (χ4n) is 3.05. The number of hydrogen-bond donors (Lipinski definition) is 1. The number of aryl methyl sites for hydroxylation is 1. The second-order valence-electron chi connectivity index (χ2n) is 6.20. The van der Waals surface area contributed by atoms with Crippen molar-refractivity contribution >= 4 is 29.1 Å². The van der Waals surface area contributed by atoms with Crippen LogP contribution >= 0.6 is 11.3 Å². The van der Waals surface area contributed by atoms with Gasteiger partial charge in [0.05, 0.1) is 10.7 Å². The van der Waals surface area contributed by atoms with Gasteiger partial charge in [0.1, 0.15) is 11.4 Å². The number of carbonyl (C=O) groups excluding carboxylic acids is 2. The lowest BCUT2D eigenvalue weighted by Crippen LogP contribution is -2.46. The molecule has 7 nitrogen and oxygen atoms in total. The number of aromatic nitrogens is 3. The van der Waals surface area contributed by atoms with Crippen molar-refractivity contribution in [1.29, 1.82) is 0 Å². The van der Waals surface area contributed by atoms with Crippen molar-refractivity contribution in [2.75, 3.05) is 18.4 Å². The monoisotopic (exact) mass is 343 g/mol. The number of fused-ring (bicyclic) bond motifs is 2. The molecular formula is C16H17N5O2S. The molecule has 2 aromatic heterocycles. The van der Waals surface area contributed by atoms with Crippen molar-refractivity contribution in [2.45, 2.75) is 31.6 Å². The van der Waals surface area contributed by atoms with Gasteiger partial charge in [0.15, 0.2) is 0 Å². The second-order valence-corrected chi connectivity index (χ2v) is 7.28. The minimum absolute atomic E-state index is 0.0115. The molecule has 124 valence electrons. The van der Waals surface area contributed by atoms with Crippen LogP contribution in [0, 0.1) is 0 Å². The number of anilines is 1. The highest BCUT2D eigenvalue weighted by Gasteiger charge is 2.54. The number of rotatable bonds is 4. The van der Waals surface area contributed by atoms with Crippen LogP contribution in [0.5, 0.6) is 0 Å². The highest BCUT2D eigenvalue weighted by molar-refractivity contribution is 7.13. The van der Waals surface area contributed by atoms with Crippen LogP contribution in [0.25, 0.3) is 0 Å². The summed E-state index contributed by atoms with van der Waals surface area (Å²) in [6.45, 7) is 2.62. The van der Waals surface area contributed by atoms with Gasteiger partial charge in [-0.3, -0.25) is 14.9 Å². The van der Waals surface area contributed by atoms with E-state index in [1.165, 1.54) is 11.3 Å². The van der Waals surface area contributed by atoms with Crippen molar-refractivity contribution in [3.63, 3.8) is 0 Å². The number of amides is 2. The summed E-state index contributed by atoms with van der Waals surface area (Å²) in [5, 5.41) is 3.62. The van der Waals surface area contributed by atoms with Crippen LogP contribution in [-0.4, -0.2) is 44.8 Å². The third kappa shape index (κ3) is 2.56. The molecule has 4 rings (SSSR count). The molecule has 0 aromatic carbocycles. The molecule has 1 aliphatic heterocycles. The zero-order valence-electron chi connectivity index (χ0n) is 13.3. The van der Waals surface area contributed by atoms with E-state index in [9.17, 15) is 9.59 Å². The highest BCUT2D eigenvalue weighted by Crippen LogP contribution is 2.52. The third-order valence-corrected chi connectivity index (χ3v) is 5.64. The maximum absolute atomic E-state index is 12.7. The molecule has 3 heterocycles. The van der Waals surface area contributed by atoms with Crippen LogP contribution in [0.15, 0.2) is 18.5 Å². The summed E-state index contributed by atoms with van der Waals surface area (Å²) in [4.78, 5) is 39.9. The van der Waals surface area contributed by atoms with Crippen molar-refractivity contribution in [3.8, 4) is 0 Å². The summed E-state index contributed by atoms with van der Waals surface area (Å²) in [6, 6.07) is 1.68. The lowest BCUT2D eigenvalue weighted by atomic mass is 9.96. The van der Waals surface area contributed by atoms with E-state index in [2.05, 4.69) is 20.3 Å². The average Bonchev–Trinajstić information content (AvgIpc) is 3.20. The van der Waals surface area contributed by atoms with Crippen LogP contribution in [-0.2, 0) is 16.6 Å². The van der Waals surface area contributed by atoms with E-state index in [4.69, 9.17) is 0 Å². The Morgan fingerprint density at radius 2 is 2.12 bits per heavy atom. The maximum atomic E-state index is 12.7. The van der Waals surface area contributed by atoms with E-state index in [1.807, 2.05) is 6.92 Å². The fourth-order valence-corrected chi connectivity index (χ4v) is 4.14. The number of nitrogens with one attached hydrogen (secondary N) is 1. The summed E-state index contributed by atoms with van der Waals surface area (Å²) in [5.74, 6) is -0.127. The molecule has 1 saturated carbocycles. The van der Waals surface area contributed by atoms with Gasteiger partial charge in [-0.15, -0.1) is 11.3 Å². The second kappa shape index (κ2) is 5.62. The molecule has 1 fully saturated rings. The zero-order valence-corrected chi connectivity index (χ0v) is 14.1. The van der Waals surface area contributed by atoms with Crippen LogP contribution in [0.3, 0.4) is 0 Å². The number of nitrogens with zero attached hydrogens (tertiary/aromatic N) is 4. The first-order valence-corrected chi connectivity index (χ1v) is 8.79. The maximum Gasteiger partial charge on any atom is 0.266 e. The molecule has 2 aliphatic rings. The van der Waals surface area contributed by atoms with E-state index in [1.54, 1.807) is 23.4 Å². The Kier molecular flexibility index (Phi) is 3.56. The van der Waals surface area contributed by atoms with E-state index >= 15 is 0 Å². The predicted molar refractivity (Wildman–Crippen MR) is 89.0 cm³/mol. The van der Waals surface area contributed by atoms with Crippen LogP contribution in [0.4, 0.5) is 5.95 Å². The summed E-state index contributed by atoms with van der Waals surface area (Å²) < 4.78 is 0. The molecular weight excluding hydrogens is 326 g/mol. The van der Waals surface area contributed by atoms with Crippen molar-refractivity contribution in [3.05, 3.63) is 34.0 Å². The largest absolute Gasteiger partial charge is 0.328 e. The first-order valence-electron chi connectivity index (χ1n) is 7.97. The zero-order chi connectivity index (χ0) is 16.7. The molecule has 1 N–H and O–H groups in total. The quantitative estimate of drug-likeness (QED) is 0.911. The van der Waals surface area contributed by atoms with Gasteiger partial charge >= 0.3 is 0 Å². The normalized spacial score (nSPS) is 17.7. The summed E-state index contributed by atoms with van der Waals surface area (Å²) >= 11 is 1.46. The summed E-state index contributed by atoms with van der Waals surface area (Å²) in [7, 11) is 0. The van der Waals surface area contributed by atoms with Crippen molar-refractivity contribution in [2.24, 2.45) is 0 Å². The van der Waals surface area contributed by atoms with Gasteiger partial charge in [-0.25, -0.2) is 15.0 Å². The molecule has 0 bridgehead atoms. The van der Waals surface area contributed by atoms with Crippen LogP contribution in [0.2, 0.25) is 0 Å². The lowest BCUT2D eigenvalue weighted by Gasteiger charge is -2.31. The van der Waals surface area contributed by atoms with E-state index in [0.717, 1.165) is 30.0 Å². The molecule has 0 atom stereocenters. The Hall–Kier alpha value is -2.35. The van der Waals surface area contributed by atoms with Crippen molar-refractivity contribution < 1.29 is 9.59 Å². The van der Waals surface area contributed by atoms with E-state index in [0.29, 0.717) is 11.4 Å². The van der Waals surface area contributed by atoms with Gasteiger partial charge in [0.2, 0.25) is 11.9 Å². The number of hydrogen-bond acceptors (Lipinski definition) is 6. The third-order valence-electron chi connectivity index (χ3n) is 4.46. The smallest absolute Gasteiger partial charge is 0.266 e. The Labute approximate surface area is 143 Å². The van der Waals surface area contributed by atoms with Gasteiger partial charge in [-0.2, -0.15) is 0 Å². The van der Waals surface area contributed by atoms with Gasteiger partial charge in [0, 0.05) is 24.4 Å². The first-order chi connectivity index (χ1) is 11.6. The van der Waals surface area contributed by atoms with Crippen LogP contribution < -0.4 is 5.32 Å². The Balaban J connectivity index is 1.52. The molecule has 8 heteroatoms. The molecule has 1 spiro atoms. The van der Waals surface area contributed by atoms with Crippen LogP contribution in [0.1, 0.15) is 40.1 Å². The topological polar surface area (TPSA) is 88.1 Å². The van der Waals surface area contributed by atoms with Gasteiger partial charge < -0.3 is 4.90 Å². The molecule has 2 aromatic rings. The van der Waals surface area contributed by atoms with Crippen molar-refractivity contribution in [1.82, 2.24) is 19.9 Å². The Bertz CT molecular complexity index is 800. The fraction of sp³-hybridized carbons (Fsp3) is 0.438. The van der Waals surface area contributed by atoms with E-state index < -0.39 is 0 Å². The Morgan fingerprint density at radius 1 is 1.38 bits per heavy atom. The SMILES string of the molecule is CCc1nc2c(s1)C(=O)N(CC(=O)Nc1ncccn1)CC21CC1. The minimum atomic E-state index is -0.283. The lowest BCUT2D eigenvalue weighted by molar-refractivity contribution is -0.117. The molecule has 0 unspecified atom stereocenters. The minimum Gasteiger partial charge on any atom is -0.328 e. The number of thiazole rings is 1. The number of carbonyl (C=O) groups is 2. The molecule has 1 aliphatic carbocycles. The van der Waals surface area contributed by atoms with Gasteiger partial charge in [-0.05, 0) is 25.3 Å². The molecule has 2 amide bonds. The van der Waals surface area contributed by atoms with Gasteiger partial charge in [0.25, 0.3) is 5.91 Å². The standard InChI is InChI=1S/C16H17N5O2S/c1-2-11-20-13-12(24-11)14(23)21(9-16(13)4-5-16)8-10(22)19-15-17-6-3-7-18-15/h3,6-7H,2,4-5,8-9H2,1H3,(H,17,18,19,22).